The maximum absolute atomic E-state index is 11.8. The Labute approximate surface area is 139 Å². The molecule has 0 bridgehead atoms. The SMILES string of the molecule is CCOC(=O)NC(=O)CN[C@@H](c1ccc(C)cc1)c1cccs1. The molecule has 0 saturated heterocycles. The molecule has 1 aromatic carbocycles. The van der Waals surface area contributed by atoms with E-state index in [0.717, 1.165) is 10.4 Å². The average molecular weight is 332 g/mol. The van der Waals surface area contributed by atoms with Gasteiger partial charge in [0.25, 0.3) is 0 Å². The maximum Gasteiger partial charge on any atom is 0.413 e. The molecule has 23 heavy (non-hydrogen) atoms. The average Bonchev–Trinajstić information content (AvgIpc) is 3.03. The summed E-state index contributed by atoms with van der Waals surface area (Å²) in [4.78, 5) is 24.2. The summed E-state index contributed by atoms with van der Waals surface area (Å²) in [6, 6.07) is 12.1. The van der Waals surface area contributed by atoms with Crippen molar-refractivity contribution < 1.29 is 14.3 Å². The number of aryl methyl sites for hydroxylation is 1. The van der Waals surface area contributed by atoms with Crippen LogP contribution in [-0.2, 0) is 9.53 Å². The van der Waals surface area contributed by atoms with E-state index in [0.29, 0.717) is 0 Å². The van der Waals surface area contributed by atoms with Gasteiger partial charge in [0.05, 0.1) is 19.2 Å². The molecule has 6 heteroatoms. The van der Waals surface area contributed by atoms with E-state index in [1.165, 1.54) is 5.56 Å². The van der Waals surface area contributed by atoms with Crippen molar-refractivity contribution in [3.63, 3.8) is 0 Å². The van der Waals surface area contributed by atoms with Gasteiger partial charge in [-0.1, -0.05) is 35.9 Å². The smallest absolute Gasteiger partial charge is 0.413 e. The minimum absolute atomic E-state index is 0.0231. The fraction of sp³-hybridized carbons (Fsp3) is 0.294. The van der Waals surface area contributed by atoms with Crippen LogP contribution < -0.4 is 10.6 Å². The highest BCUT2D eigenvalue weighted by atomic mass is 32.1. The largest absolute Gasteiger partial charge is 0.450 e. The zero-order valence-electron chi connectivity index (χ0n) is 13.2. The molecule has 2 N–H and O–H groups in total. The highest BCUT2D eigenvalue weighted by Gasteiger charge is 2.17. The number of carbonyl (C=O) groups is 2. The van der Waals surface area contributed by atoms with Crippen LogP contribution in [0.5, 0.6) is 0 Å². The zero-order chi connectivity index (χ0) is 16.7. The van der Waals surface area contributed by atoms with E-state index in [9.17, 15) is 9.59 Å². The van der Waals surface area contributed by atoms with Crippen LogP contribution in [0.25, 0.3) is 0 Å². The molecule has 2 amide bonds. The first-order valence-corrected chi connectivity index (χ1v) is 8.28. The van der Waals surface area contributed by atoms with Gasteiger partial charge in [-0.25, -0.2) is 4.79 Å². The van der Waals surface area contributed by atoms with Crippen molar-refractivity contribution in [3.8, 4) is 0 Å². The third-order valence-electron chi connectivity index (χ3n) is 3.22. The lowest BCUT2D eigenvalue weighted by Crippen LogP contribution is -2.39. The quantitative estimate of drug-likeness (QED) is 0.853. The molecule has 1 heterocycles. The fourth-order valence-electron chi connectivity index (χ4n) is 2.12. The summed E-state index contributed by atoms with van der Waals surface area (Å²) in [6.45, 7) is 3.97. The number of rotatable bonds is 6. The Balaban J connectivity index is 2.03. The standard InChI is InChI=1S/C17H20N2O3S/c1-3-22-17(21)19-15(20)11-18-16(14-5-4-10-23-14)13-8-6-12(2)7-9-13/h4-10,16,18H,3,11H2,1-2H3,(H,19,20,21)/t16-/m0/s1. The molecule has 0 unspecified atom stereocenters. The number of hydrogen-bond acceptors (Lipinski definition) is 5. The summed E-state index contributed by atoms with van der Waals surface area (Å²) in [5, 5.41) is 7.38. The van der Waals surface area contributed by atoms with Gasteiger partial charge < -0.3 is 4.74 Å². The molecular formula is C17H20N2O3S. The first kappa shape index (κ1) is 17.2. The molecule has 1 atom stereocenters. The molecule has 0 spiro atoms. The Hall–Kier alpha value is -2.18. The molecule has 2 aromatic rings. The zero-order valence-corrected chi connectivity index (χ0v) is 14.0. The van der Waals surface area contributed by atoms with Gasteiger partial charge in [0.2, 0.25) is 5.91 Å². The Morgan fingerprint density at radius 2 is 1.96 bits per heavy atom. The van der Waals surface area contributed by atoms with Crippen LogP contribution in [0.2, 0.25) is 0 Å². The number of nitrogens with one attached hydrogen (secondary N) is 2. The van der Waals surface area contributed by atoms with Crippen molar-refractivity contribution in [3.05, 3.63) is 57.8 Å². The number of hydrogen-bond donors (Lipinski definition) is 2. The van der Waals surface area contributed by atoms with Gasteiger partial charge in [0, 0.05) is 4.88 Å². The molecule has 0 aliphatic rings. The molecular weight excluding hydrogens is 312 g/mol. The Morgan fingerprint density at radius 1 is 1.22 bits per heavy atom. The second-order valence-corrected chi connectivity index (χ2v) is 5.99. The predicted octanol–water partition coefficient (Wildman–Crippen LogP) is 3.01. The molecule has 0 fully saturated rings. The summed E-state index contributed by atoms with van der Waals surface area (Å²) >= 11 is 1.62. The van der Waals surface area contributed by atoms with Crippen molar-refractivity contribution in [1.82, 2.24) is 10.6 Å². The lowest BCUT2D eigenvalue weighted by Gasteiger charge is -2.18. The van der Waals surface area contributed by atoms with Crippen LogP contribution in [0, 0.1) is 6.92 Å². The Kier molecular flexibility index (Phi) is 6.31. The summed E-state index contributed by atoms with van der Waals surface area (Å²) in [5.74, 6) is -0.419. The highest BCUT2D eigenvalue weighted by Crippen LogP contribution is 2.26. The summed E-state index contributed by atoms with van der Waals surface area (Å²) < 4.78 is 4.69. The lowest BCUT2D eigenvalue weighted by atomic mass is 10.0. The van der Waals surface area contributed by atoms with Crippen molar-refractivity contribution in [2.75, 3.05) is 13.2 Å². The van der Waals surface area contributed by atoms with Crippen molar-refractivity contribution in [1.29, 1.82) is 0 Å². The van der Waals surface area contributed by atoms with E-state index in [1.807, 2.05) is 48.7 Å². The molecule has 1 aromatic heterocycles. The van der Waals surface area contributed by atoms with Crippen LogP contribution in [0.15, 0.2) is 41.8 Å². The van der Waals surface area contributed by atoms with E-state index in [4.69, 9.17) is 4.74 Å². The topological polar surface area (TPSA) is 67.4 Å². The predicted molar refractivity (Wildman–Crippen MR) is 90.5 cm³/mol. The number of imide groups is 1. The van der Waals surface area contributed by atoms with Crippen LogP contribution in [0.3, 0.4) is 0 Å². The molecule has 0 aliphatic carbocycles. The Morgan fingerprint density at radius 3 is 2.57 bits per heavy atom. The van der Waals surface area contributed by atoms with E-state index in [1.54, 1.807) is 18.3 Å². The van der Waals surface area contributed by atoms with Gasteiger partial charge in [-0.2, -0.15) is 0 Å². The van der Waals surface area contributed by atoms with Gasteiger partial charge in [0.1, 0.15) is 0 Å². The molecule has 2 rings (SSSR count). The summed E-state index contributed by atoms with van der Waals surface area (Å²) in [6.07, 6.45) is -0.720. The Bertz CT molecular complexity index is 638. The second kappa shape index (κ2) is 8.45. The molecule has 5 nitrogen and oxygen atoms in total. The number of thiophene rings is 1. The van der Waals surface area contributed by atoms with E-state index < -0.39 is 12.0 Å². The van der Waals surface area contributed by atoms with Gasteiger partial charge in [-0.3, -0.25) is 15.4 Å². The monoisotopic (exact) mass is 332 g/mol. The second-order valence-electron chi connectivity index (χ2n) is 5.01. The molecule has 0 saturated carbocycles. The summed E-state index contributed by atoms with van der Waals surface area (Å²) in [5.41, 5.74) is 2.25. The molecule has 0 radical (unpaired) electrons. The van der Waals surface area contributed by atoms with Gasteiger partial charge in [-0.15, -0.1) is 11.3 Å². The van der Waals surface area contributed by atoms with Crippen LogP contribution in [-0.4, -0.2) is 25.2 Å². The highest BCUT2D eigenvalue weighted by molar-refractivity contribution is 7.10. The van der Waals surface area contributed by atoms with E-state index in [2.05, 4.69) is 10.6 Å². The van der Waals surface area contributed by atoms with Crippen LogP contribution >= 0.6 is 11.3 Å². The summed E-state index contributed by atoms with van der Waals surface area (Å²) in [7, 11) is 0. The van der Waals surface area contributed by atoms with Crippen LogP contribution in [0.4, 0.5) is 4.79 Å². The van der Waals surface area contributed by atoms with Crippen molar-refractivity contribution in [2.45, 2.75) is 19.9 Å². The minimum atomic E-state index is -0.720. The van der Waals surface area contributed by atoms with Crippen molar-refractivity contribution in [2.24, 2.45) is 0 Å². The molecule has 0 aliphatic heterocycles. The first-order valence-electron chi connectivity index (χ1n) is 7.40. The lowest BCUT2D eigenvalue weighted by molar-refractivity contribution is -0.119. The normalized spacial score (nSPS) is 11.7. The fourth-order valence-corrected chi connectivity index (χ4v) is 2.94. The number of alkyl carbamates (subject to hydrolysis) is 1. The van der Waals surface area contributed by atoms with E-state index >= 15 is 0 Å². The van der Waals surface area contributed by atoms with Gasteiger partial charge in [0.15, 0.2) is 0 Å². The van der Waals surface area contributed by atoms with E-state index in [-0.39, 0.29) is 19.2 Å². The van der Waals surface area contributed by atoms with Crippen molar-refractivity contribution >= 4 is 23.3 Å². The minimum Gasteiger partial charge on any atom is -0.450 e. The maximum atomic E-state index is 11.8. The van der Waals surface area contributed by atoms with Gasteiger partial charge >= 0.3 is 6.09 Å². The number of benzene rings is 1. The number of amides is 2. The van der Waals surface area contributed by atoms with Gasteiger partial charge in [-0.05, 0) is 30.9 Å². The first-order chi connectivity index (χ1) is 11.1. The number of carbonyl (C=O) groups excluding carboxylic acids is 2. The third-order valence-corrected chi connectivity index (χ3v) is 4.16. The third kappa shape index (κ3) is 5.19. The molecule has 122 valence electrons. The number of ether oxygens (including phenoxy) is 1. The van der Waals surface area contributed by atoms with Crippen LogP contribution in [0.1, 0.15) is 29.0 Å².